The molecule has 5 heteroatoms. The number of hydrogen-bond donors (Lipinski definition) is 1. The summed E-state index contributed by atoms with van der Waals surface area (Å²) in [7, 11) is 0. The summed E-state index contributed by atoms with van der Waals surface area (Å²) in [6.07, 6.45) is 0.540. The van der Waals surface area contributed by atoms with Gasteiger partial charge in [0, 0.05) is 11.1 Å². The molecule has 0 amide bonds. The summed E-state index contributed by atoms with van der Waals surface area (Å²) in [5, 5.41) is 0.610. The molecule has 0 spiro atoms. The van der Waals surface area contributed by atoms with E-state index in [2.05, 4.69) is 15.9 Å². The first kappa shape index (κ1) is 15.3. The Hall–Kier alpha value is -1.10. The average molecular weight is 359 g/mol. The smallest absolute Gasteiger partial charge is 0.141 e. The Kier molecular flexibility index (Phi) is 5.02. The number of nitrogens with two attached hydrogens (primary N) is 1. The minimum atomic E-state index is -0.303. The summed E-state index contributed by atoms with van der Waals surface area (Å²) in [5.41, 5.74) is 6.52. The Balaban J connectivity index is 2.32. The van der Waals surface area contributed by atoms with Gasteiger partial charge in [-0.1, -0.05) is 11.6 Å². The van der Waals surface area contributed by atoms with Crippen molar-refractivity contribution in [3.05, 3.63) is 57.3 Å². The Morgan fingerprint density at radius 1 is 1.25 bits per heavy atom. The van der Waals surface area contributed by atoms with Crippen LogP contribution in [-0.4, -0.2) is 6.04 Å². The second-order valence-electron chi connectivity index (χ2n) is 4.61. The summed E-state index contributed by atoms with van der Waals surface area (Å²) in [6, 6.07) is 9.57. The van der Waals surface area contributed by atoms with Crippen molar-refractivity contribution in [3.63, 3.8) is 0 Å². The van der Waals surface area contributed by atoms with Gasteiger partial charge in [-0.25, -0.2) is 4.39 Å². The van der Waals surface area contributed by atoms with E-state index in [0.29, 0.717) is 22.9 Å². The van der Waals surface area contributed by atoms with Gasteiger partial charge in [0.1, 0.15) is 17.3 Å². The second kappa shape index (κ2) is 6.57. The molecule has 0 saturated carbocycles. The Labute approximate surface area is 130 Å². The van der Waals surface area contributed by atoms with Crippen molar-refractivity contribution in [1.29, 1.82) is 0 Å². The summed E-state index contributed by atoms with van der Waals surface area (Å²) >= 11 is 9.28. The average Bonchev–Trinajstić information content (AvgIpc) is 2.34. The van der Waals surface area contributed by atoms with Crippen LogP contribution in [0.25, 0.3) is 0 Å². The predicted octanol–water partition coefficient (Wildman–Crippen LogP) is 4.92. The zero-order chi connectivity index (χ0) is 14.7. The van der Waals surface area contributed by atoms with Crippen molar-refractivity contribution in [2.45, 2.75) is 19.4 Å². The van der Waals surface area contributed by atoms with Crippen LogP contribution in [0.2, 0.25) is 5.02 Å². The zero-order valence-electron chi connectivity index (χ0n) is 10.9. The summed E-state index contributed by atoms with van der Waals surface area (Å²) in [6.45, 7) is 1.87. The molecule has 1 atom stereocenters. The molecule has 1 unspecified atom stereocenters. The van der Waals surface area contributed by atoms with Gasteiger partial charge in [-0.3, -0.25) is 0 Å². The molecule has 0 radical (unpaired) electrons. The molecule has 0 aliphatic heterocycles. The fraction of sp³-hybridized carbons (Fsp3) is 0.200. The summed E-state index contributed by atoms with van der Waals surface area (Å²) < 4.78 is 19.9. The highest BCUT2D eigenvalue weighted by Crippen LogP contribution is 2.33. The lowest BCUT2D eigenvalue weighted by atomic mass is 10.1. The van der Waals surface area contributed by atoms with Crippen LogP contribution >= 0.6 is 27.5 Å². The monoisotopic (exact) mass is 357 g/mol. The van der Waals surface area contributed by atoms with E-state index in [1.54, 1.807) is 24.3 Å². The topological polar surface area (TPSA) is 35.2 Å². The van der Waals surface area contributed by atoms with Crippen LogP contribution < -0.4 is 10.5 Å². The molecule has 2 N–H and O–H groups in total. The first-order valence-electron chi connectivity index (χ1n) is 6.12. The summed E-state index contributed by atoms with van der Waals surface area (Å²) in [4.78, 5) is 0. The van der Waals surface area contributed by atoms with E-state index >= 15 is 0 Å². The van der Waals surface area contributed by atoms with Crippen LogP contribution in [0.15, 0.2) is 40.9 Å². The first-order chi connectivity index (χ1) is 9.45. The molecule has 2 aromatic rings. The molecule has 0 aromatic heterocycles. The highest BCUT2D eigenvalue weighted by atomic mass is 79.9. The lowest BCUT2D eigenvalue weighted by molar-refractivity contribution is 0.468. The number of ether oxygens (including phenoxy) is 1. The maximum absolute atomic E-state index is 13.3. The SMILES string of the molecule is CC(N)Cc1cc(F)ccc1Oc1ccc(Cl)cc1Br. The van der Waals surface area contributed by atoms with Crippen LogP contribution in [0.1, 0.15) is 12.5 Å². The Morgan fingerprint density at radius 2 is 1.95 bits per heavy atom. The number of hydrogen-bond acceptors (Lipinski definition) is 2. The summed E-state index contributed by atoms with van der Waals surface area (Å²) in [5.74, 6) is 0.904. The fourth-order valence-corrected chi connectivity index (χ4v) is 2.59. The number of rotatable bonds is 4. The van der Waals surface area contributed by atoms with Crippen LogP contribution in [0.4, 0.5) is 4.39 Å². The van der Waals surface area contributed by atoms with Gasteiger partial charge in [0.15, 0.2) is 0 Å². The molecule has 0 saturated heterocycles. The van der Waals surface area contributed by atoms with Crippen molar-refractivity contribution in [2.75, 3.05) is 0 Å². The molecule has 0 heterocycles. The van der Waals surface area contributed by atoms with E-state index in [-0.39, 0.29) is 11.9 Å². The molecule has 0 aliphatic carbocycles. The fourth-order valence-electron chi connectivity index (χ4n) is 1.83. The van der Waals surface area contributed by atoms with Crippen LogP contribution in [0, 0.1) is 5.82 Å². The van der Waals surface area contributed by atoms with Gasteiger partial charge >= 0.3 is 0 Å². The van der Waals surface area contributed by atoms with E-state index in [9.17, 15) is 4.39 Å². The molecule has 0 aliphatic rings. The maximum atomic E-state index is 13.3. The maximum Gasteiger partial charge on any atom is 0.141 e. The Morgan fingerprint density at radius 3 is 2.60 bits per heavy atom. The molecule has 2 rings (SSSR count). The lowest BCUT2D eigenvalue weighted by Crippen LogP contribution is -2.18. The van der Waals surface area contributed by atoms with Crippen LogP contribution in [0.5, 0.6) is 11.5 Å². The molecular weight excluding hydrogens is 345 g/mol. The molecule has 2 nitrogen and oxygen atoms in total. The van der Waals surface area contributed by atoms with Crippen molar-refractivity contribution < 1.29 is 9.13 Å². The van der Waals surface area contributed by atoms with Crippen molar-refractivity contribution in [1.82, 2.24) is 0 Å². The van der Waals surface area contributed by atoms with Crippen LogP contribution in [0.3, 0.4) is 0 Å². The third-order valence-electron chi connectivity index (χ3n) is 2.68. The Bertz CT molecular complexity index is 619. The molecule has 106 valence electrons. The van der Waals surface area contributed by atoms with Gasteiger partial charge < -0.3 is 10.5 Å². The molecule has 20 heavy (non-hydrogen) atoms. The van der Waals surface area contributed by atoms with E-state index in [0.717, 1.165) is 10.0 Å². The highest BCUT2D eigenvalue weighted by molar-refractivity contribution is 9.10. The van der Waals surface area contributed by atoms with Crippen molar-refractivity contribution in [3.8, 4) is 11.5 Å². The molecular formula is C15H14BrClFNO. The van der Waals surface area contributed by atoms with Gasteiger partial charge in [0.2, 0.25) is 0 Å². The van der Waals surface area contributed by atoms with Gasteiger partial charge in [-0.05, 0) is 71.2 Å². The third kappa shape index (κ3) is 3.95. The second-order valence-corrected chi connectivity index (χ2v) is 5.90. The zero-order valence-corrected chi connectivity index (χ0v) is 13.2. The minimum Gasteiger partial charge on any atom is -0.456 e. The predicted molar refractivity (Wildman–Crippen MR) is 83.0 cm³/mol. The standard InChI is InChI=1S/C15H14BrClFNO/c1-9(19)6-10-7-12(18)3-5-14(10)20-15-4-2-11(17)8-13(15)16/h2-5,7-9H,6,19H2,1H3. The van der Waals surface area contributed by atoms with E-state index in [1.807, 2.05) is 6.92 Å². The van der Waals surface area contributed by atoms with E-state index < -0.39 is 0 Å². The largest absolute Gasteiger partial charge is 0.456 e. The quantitative estimate of drug-likeness (QED) is 0.841. The molecule has 0 fully saturated rings. The van der Waals surface area contributed by atoms with Gasteiger partial charge in [0.05, 0.1) is 4.47 Å². The first-order valence-corrected chi connectivity index (χ1v) is 7.29. The van der Waals surface area contributed by atoms with E-state index in [1.165, 1.54) is 12.1 Å². The van der Waals surface area contributed by atoms with Gasteiger partial charge in [0.25, 0.3) is 0 Å². The van der Waals surface area contributed by atoms with Crippen LogP contribution in [-0.2, 0) is 6.42 Å². The minimum absolute atomic E-state index is 0.0761. The molecule has 0 bridgehead atoms. The lowest BCUT2D eigenvalue weighted by Gasteiger charge is -2.14. The normalized spacial score (nSPS) is 12.2. The number of benzene rings is 2. The highest BCUT2D eigenvalue weighted by Gasteiger charge is 2.10. The van der Waals surface area contributed by atoms with Crippen molar-refractivity contribution in [2.24, 2.45) is 5.73 Å². The molecule has 2 aromatic carbocycles. The van der Waals surface area contributed by atoms with Gasteiger partial charge in [-0.15, -0.1) is 0 Å². The third-order valence-corrected chi connectivity index (χ3v) is 3.53. The number of halogens is 3. The van der Waals surface area contributed by atoms with E-state index in [4.69, 9.17) is 22.1 Å². The van der Waals surface area contributed by atoms with Crippen molar-refractivity contribution >= 4 is 27.5 Å². The van der Waals surface area contributed by atoms with Gasteiger partial charge in [-0.2, -0.15) is 0 Å².